The molecule has 2 N–H and O–H groups in total. The number of aromatic carboxylic acids is 1. The molecule has 15 heavy (non-hydrogen) atoms. The summed E-state index contributed by atoms with van der Waals surface area (Å²) in [6, 6.07) is 0. The molecule has 1 unspecified atom stereocenters. The molecule has 1 aliphatic heterocycles. The Labute approximate surface area is 89.0 Å². The number of aromatic amines is 1. The summed E-state index contributed by atoms with van der Waals surface area (Å²) in [5.74, 6) is -1.66. The van der Waals surface area contributed by atoms with E-state index in [9.17, 15) is 9.59 Å². The molecule has 7 nitrogen and oxygen atoms in total. The van der Waals surface area contributed by atoms with Gasteiger partial charge in [-0.05, 0) is 0 Å². The molecule has 1 aromatic heterocycles. The number of carbonyl (C=O) groups excluding carboxylic acids is 1. The second kappa shape index (κ2) is 3.50. The lowest BCUT2D eigenvalue weighted by Gasteiger charge is -2.08. The van der Waals surface area contributed by atoms with E-state index in [2.05, 4.69) is 15.2 Å². The fourth-order valence-corrected chi connectivity index (χ4v) is 1.60. The quantitative estimate of drug-likeness (QED) is 0.688. The van der Waals surface area contributed by atoms with Gasteiger partial charge in [0.05, 0.1) is 5.38 Å². The van der Waals surface area contributed by atoms with Crippen LogP contribution in [0.25, 0.3) is 0 Å². The minimum atomic E-state index is -1.22. The Morgan fingerprint density at radius 1 is 1.67 bits per heavy atom. The van der Waals surface area contributed by atoms with Gasteiger partial charge < -0.3 is 5.11 Å². The fraction of sp³-hybridized carbons (Fsp3) is 0.429. The van der Waals surface area contributed by atoms with Crippen LogP contribution in [-0.2, 0) is 4.79 Å². The van der Waals surface area contributed by atoms with E-state index in [1.54, 1.807) is 0 Å². The van der Waals surface area contributed by atoms with E-state index in [0.717, 1.165) is 0 Å². The summed E-state index contributed by atoms with van der Waals surface area (Å²) >= 11 is 5.78. The SMILES string of the molecule is O=C(O)c1nc(N2CC(Cl)CC2=O)n[nH]1. The summed E-state index contributed by atoms with van der Waals surface area (Å²) in [7, 11) is 0. The molecular formula is C7H7ClN4O3. The summed E-state index contributed by atoms with van der Waals surface area (Å²) in [4.78, 5) is 26.8. The molecule has 1 fully saturated rings. The number of hydrogen-bond acceptors (Lipinski definition) is 4. The molecular weight excluding hydrogens is 224 g/mol. The predicted octanol–water partition coefficient (Wildman–Crippen LogP) is -0.153. The van der Waals surface area contributed by atoms with Gasteiger partial charge in [0, 0.05) is 13.0 Å². The minimum absolute atomic E-state index is 0.0561. The molecule has 1 aliphatic rings. The average molecular weight is 231 g/mol. The highest BCUT2D eigenvalue weighted by molar-refractivity contribution is 6.24. The normalized spacial score (nSPS) is 21.0. The van der Waals surface area contributed by atoms with Crippen molar-refractivity contribution in [3.63, 3.8) is 0 Å². The number of aromatic nitrogens is 3. The van der Waals surface area contributed by atoms with E-state index in [0.29, 0.717) is 6.54 Å². The number of hydrogen-bond donors (Lipinski definition) is 2. The number of H-pyrrole nitrogens is 1. The maximum absolute atomic E-state index is 11.4. The van der Waals surface area contributed by atoms with Crippen LogP contribution in [0.5, 0.6) is 0 Å². The van der Waals surface area contributed by atoms with E-state index in [1.165, 1.54) is 4.90 Å². The van der Waals surface area contributed by atoms with Crippen LogP contribution in [0.1, 0.15) is 17.0 Å². The zero-order valence-corrected chi connectivity index (χ0v) is 8.23. The molecule has 2 rings (SSSR count). The smallest absolute Gasteiger partial charge is 0.373 e. The van der Waals surface area contributed by atoms with Crippen molar-refractivity contribution in [1.82, 2.24) is 15.2 Å². The van der Waals surface area contributed by atoms with Crippen molar-refractivity contribution in [2.45, 2.75) is 11.8 Å². The van der Waals surface area contributed by atoms with E-state index >= 15 is 0 Å². The maximum atomic E-state index is 11.4. The monoisotopic (exact) mass is 230 g/mol. The van der Waals surface area contributed by atoms with Crippen molar-refractivity contribution in [2.24, 2.45) is 0 Å². The highest BCUT2D eigenvalue weighted by Crippen LogP contribution is 2.20. The van der Waals surface area contributed by atoms with E-state index in [-0.39, 0.29) is 29.5 Å². The summed E-state index contributed by atoms with van der Waals surface area (Å²) in [6.45, 7) is 0.303. The van der Waals surface area contributed by atoms with Crippen molar-refractivity contribution in [2.75, 3.05) is 11.4 Å². The van der Waals surface area contributed by atoms with E-state index < -0.39 is 5.97 Å². The molecule has 8 heteroatoms. The lowest BCUT2D eigenvalue weighted by Crippen LogP contribution is -2.25. The lowest BCUT2D eigenvalue weighted by molar-refractivity contribution is -0.117. The first-order valence-electron chi connectivity index (χ1n) is 4.18. The summed E-state index contributed by atoms with van der Waals surface area (Å²) in [5, 5.41) is 14.2. The molecule has 0 bridgehead atoms. The zero-order valence-electron chi connectivity index (χ0n) is 7.47. The van der Waals surface area contributed by atoms with Gasteiger partial charge in [-0.25, -0.2) is 4.79 Å². The van der Waals surface area contributed by atoms with E-state index in [4.69, 9.17) is 16.7 Å². The van der Waals surface area contributed by atoms with Crippen LogP contribution in [0.15, 0.2) is 0 Å². The van der Waals surface area contributed by atoms with Crippen molar-refractivity contribution in [1.29, 1.82) is 0 Å². The van der Waals surface area contributed by atoms with Crippen molar-refractivity contribution < 1.29 is 14.7 Å². The highest BCUT2D eigenvalue weighted by atomic mass is 35.5. The van der Waals surface area contributed by atoms with Gasteiger partial charge in [0.2, 0.25) is 11.7 Å². The second-order valence-electron chi connectivity index (χ2n) is 3.09. The van der Waals surface area contributed by atoms with Crippen LogP contribution in [0.4, 0.5) is 5.95 Å². The first kappa shape index (κ1) is 9.91. The Bertz CT molecular complexity index is 418. The Balaban J connectivity index is 2.23. The number of carboxylic acid groups (broad SMARTS) is 1. The standard InChI is InChI=1S/C7H7ClN4O3/c8-3-1-4(13)12(2-3)7-9-5(6(14)15)10-11-7/h3H,1-2H2,(H,14,15)(H,9,10,11). The average Bonchev–Trinajstić information content (AvgIpc) is 2.71. The maximum Gasteiger partial charge on any atom is 0.373 e. The van der Waals surface area contributed by atoms with E-state index in [1.807, 2.05) is 0 Å². The number of rotatable bonds is 2. The number of carboxylic acids is 1. The molecule has 1 amide bonds. The van der Waals surface area contributed by atoms with Gasteiger partial charge in [-0.15, -0.1) is 16.7 Å². The third-order valence-electron chi connectivity index (χ3n) is 2.00. The largest absolute Gasteiger partial charge is 0.475 e. The number of amides is 1. The van der Waals surface area contributed by atoms with Gasteiger partial charge in [0.1, 0.15) is 0 Å². The Kier molecular flexibility index (Phi) is 2.31. The van der Waals surface area contributed by atoms with Gasteiger partial charge in [-0.1, -0.05) is 0 Å². The Hall–Kier alpha value is -1.63. The van der Waals surface area contributed by atoms with Gasteiger partial charge in [-0.2, -0.15) is 4.98 Å². The highest BCUT2D eigenvalue weighted by Gasteiger charge is 2.31. The third kappa shape index (κ3) is 1.78. The Morgan fingerprint density at radius 3 is 2.87 bits per heavy atom. The first-order valence-corrected chi connectivity index (χ1v) is 4.61. The predicted molar refractivity (Wildman–Crippen MR) is 50.0 cm³/mol. The topological polar surface area (TPSA) is 99.2 Å². The van der Waals surface area contributed by atoms with Crippen molar-refractivity contribution >= 4 is 29.4 Å². The van der Waals surface area contributed by atoms with Gasteiger partial charge in [0.25, 0.3) is 5.95 Å². The number of nitrogens with one attached hydrogen (secondary N) is 1. The molecule has 1 aromatic rings. The minimum Gasteiger partial charge on any atom is -0.475 e. The molecule has 0 radical (unpaired) electrons. The van der Waals surface area contributed by atoms with Crippen LogP contribution < -0.4 is 4.90 Å². The van der Waals surface area contributed by atoms with Crippen LogP contribution in [0.3, 0.4) is 0 Å². The number of carbonyl (C=O) groups is 2. The molecule has 1 saturated heterocycles. The summed E-state index contributed by atoms with van der Waals surface area (Å²) < 4.78 is 0. The fourth-order valence-electron chi connectivity index (χ4n) is 1.33. The van der Waals surface area contributed by atoms with Crippen LogP contribution >= 0.6 is 11.6 Å². The molecule has 0 aromatic carbocycles. The first-order chi connectivity index (χ1) is 7.08. The van der Waals surface area contributed by atoms with Crippen molar-refractivity contribution in [3.8, 4) is 0 Å². The molecule has 0 saturated carbocycles. The molecule has 0 spiro atoms. The number of nitrogens with zero attached hydrogens (tertiary/aromatic N) is 3. The summed E-state index contributed by atoms with van der Waals surface area (Å²) in [5.41, 5.74) is 0. The molecule has 80 valence electrons. The molecule has 1 atom stereocenters. The lowest BCUT2D eigenvalue weighted by atomic mass is 10.4. The van der Waals surface area contributed by atoms with Crippen LogP contribution in [0, 0.1) is 0 Å². The second-order valence-corrected chi connectivity index (χ2v) is 3.71. The number of alkyl halides is 1. The molecule has 2 heterocycles. The third-order valence-corrected chi connectivity index (χ3v) is 2.29. The van der Waals surface area contributed by atoms with Gasteiger partial charge in [0.15, 0.2) is 0 Å². The van der Waals surface area contributed by atoms with Crippen LogP contribution in [0.2, 0.25) is 0 Å². The van der Waals surface area contributed by atoms with Gasteiger partial charge >= 0.3 is 5.97 Å². The van der Waals surface area contributed by atoms with Gasteiger partial charge in [-0.3, -0.25) is 14.8 Å². The Morgan fingerprint density at radius 2 is 2.40 bits per heavy atom. The summed E-state index contributed by atoms with van der Waals surface area (Å²) in [6.07, 6.45) is 0.221. The number of anilines is 1. The van der Waals surface area contributed by atoms with Crippen molar-refractivity contribution in [3.05, 3.63) is 5.82 Å². The number of halogens is 1. The molecule has 0 aliphatic carbocycles. The zero-order chi connectivity index (χ0) is 11.0. The van der Waals surface area contributed by atoms with Crippen LogP contribution in [-0.4, -0.2) is 44.1 Å².